The van der Waals surface area contributed by atoms with Crippen LogP contribution in [-0.4, -0.2) is 29.4 Å². The Bertz CT molecular complexity index is 1020. The fourth-order valence-electron chi connectivity index (χ4n) is 2.69. The summed E-state index contributed by atoms with van der Waals surface area (Å²) in [6, 6.07) is 14.0. The van der Waals surface area contributed by atoms with Crippen LogP contribution in [0.3, 0.4) is 0 Å². The molecule has 1 aromatic heterocycles. The van der Waals surface area contributed by atoms with Crippen molar-refractivity contribution in [3.8, 4) is 11.4 Å². The Balaban J connectivity index is 1.81. The van der Waals surface area contributed by atoms with Crippen molar-refractivity contribution in [2.24, 2.45) is 0 Å². The molecule has 5 nitrogen and oxygen atoms in total. The highest BCUT2D eigenvalue weighted by molar-refractivity contribution is 9.10. The van der Waals surface area contributed by atoms with E-state index in [9.17, 15) is 4.57 Å². The number of nitrogens with zero attached hydrogens (tertiary/aromatic N) is 2. The first kappa shape index (κ1) is 22.8. The van der Waals surface area contributed by atoms with Crippen LogP contribution in [0.15, 0.2) is 52.0 Å². The van der Waals surface area contributed by atoms with Crippen LogP contribution in [0.2, 0.25) is 0 Å². The van der Waals surface area contributed by atoms with Gasteiger partial charge in [0.2, 0.25) is 0 Å². The Morgan fingerprint density at radius 1 is 1.03 bits per heavy atom. The maximum Gasteiger partial charge on any atom is 0.389 e. The van der Waals surface area contributed by atoms with Gasteiger partial charge in [-0.25, -0.2) is 14.5 Å². The third-order valence-corrected chi connectivity index (χ3v) is 9.08. The van der Waals surface area contributed by atoms with Crippen molar-refractivity contribution >= 4 is 56.8 Å². The smallest absolute Gasteiger partial charge is 0.301 e. The molecule has 0 saturated heterocycles. The zero-order chi connectivity index (χ0) is 20.9. The van der Waals surface area contributed by atoms with Gasteiger partial charge in [-0.1, -0.05) is 40.2 Å². The molecule has 0 unspecified atom stereocenters. The molecule has 0 N–H and O–H groups in total. The quantitative estimate of drug-likeness (QED) is 0.170. The van der Waals surface area contributed by atoms with Gasteiger partial charge < -0.3 is 9.05 Å². The van der Waals surface area contributed by atoms with Gasteiger partial charge in [0.25, 0.3) is 0 Å². The summed E-state index contributed by atoms with van der Waals surface area (Å²) in [5.41, 5.74) is 2.89. The molecule has 3 aromatic rings. The highest BCUT2D eigenvalue weighted by atomic mass is 79.9. The number of fused-ring (bicyclic) bond motifs is 1. The van der Waals surface area contributed by atoms with Crippen LogP contribution in [0.1, 0.15) is 19.4 Å². The maximum absolute atomic E-state index is 12.6. The summed E-state index contributed by atoms with van der Waals surface area (Å²) in [6.45, 7) is 1.23. The number of hydrogen-bond acceptors (Lipinski definition) is 7. The largest absolute Gasteiger partial charge is 0.389 e. The standard InChI is InChI=1S/C20H22BrN2O3PS2/c1-4-25-27(24,26-5-2)29-13-14-6-8-15(9-7-14)19-22-18-11-10-16(21)12-17(18)20(23-19)28-3/h6-12H,4-5,13H2,1-3H3. The second-order valence-corrected chi connectivity index (χ2v) is 11.8. The van der Waals surface area contributed by atoms with Crippen LogP contribution in [0.4, 0.5) is 0 Å². The minimum atomic E-state index is -3.11. The fraction of sp³-hybridized carbons (Fsp3) is 0.300. The molecule has 29 heavy (non-hydrogen) atoms. The van der Waals surface area contributed by atoms with Crippen molar-refractivity contribution in [3.05, 3.63) is 52.5 Å². The maximum atomic E-state index is 12.6. The molecule has 154 valence electrons. The summed E-state index contributed by atoms with van der Waals surface area (Å²) in [6.07, 6.45) is 2.02. The first-order valence-electron chi connectivity index (χ1n) is 9.12. The van der Waals surface area contributed by atoms with Crippen LogP contribution < -0.4 is 0 Å². The molecule has 0 fully saturated rings. The summed E-state index contributed by atoms with van der Waals surface area (Å²) in [4.78, 5) is 9.46. The summed E-state index contributed by atoms with van der Waals surface area (Å²) >= 11 is 6.32. The first-order valence-corrected chi connectivity index (χ1v) is 14.3. The summed E-state index contributed by atoms with van der Waals surface area (Å²) in [7, 11) is 0. The van der Waals surface area contributed by atoms with E-state index in [0.717, 1.165) is 31.5 Å². The molecule has 2 aromatic carbocycles. The lowest BCUT2D eigenvalue weighted by atomic mass is 10.1. The molecular formula is C20H22BrN2O3PS2. The van der Waals surface area contributed by atoms with Crippen molar-refractivity contribution in [1.29, 1.82) is 0 Å². The van der Waals surface area contributed by atoms with E-state index < -0.39 is 6.80 Å². The van der Waals surface area contributed by atoms with E-state index in [-0.39, 0.29) is 0 Å². The number of benzene rings is 2. The molecule has 0 aliphatic carbocycles. The van der Waals surface area contributed by atoms with E-state index in [1.165, 1.54) is 11.4 Å². The van der Waals surface area contributed by atoms with Crippen LogP contribution in [0.5, 0.6) is 0 Å². The third kappa shape index (κ3) is 5.84. The summed E-state index contributed by atoms with van der Waals surface area (Å²) < 4.78 is 24.3. The molecule has 1 heterocycles. The number of halogens is 1. The molecule has 0 spiro atoms. The molecule has 9 heteroatoms. The van der Waals surface area contributed by atoms with Gasteiger partial charge in [-0.3, -0.25) is 0 Å². The second-order valence-electron chi connectivity index (χ2n) is 5.97. The van der Waals surface area contributed by atoms with Gasteiger partial charge in [0.1, 0.15) is 5.03 Å². The second kappa shape index (κ2) is 10.4. The Labute approximate surface area is 187 Å². The Hall–Kier alpha value is -0.890. The molecule has 0 radical (unpaired) electrons. The van der Waals surface area contributed by atoms with Gasteiger partial charge in [-0.2, -0.15) is 0 Å². The van der Waals surface area contributed by atoms with Crippen LogP contribution in [-0.2, 0) is 19.4 Å². The van der Waals surface area contributed by atoms with Gasteiger partial charge >= 0.3 is 6.80 Å². The van der Waals surface area contributed by atoms with Crippen molar-refractivity contribution in [2.75, 3.05) is 19.5 Å². The Morgan fingerprint density at radius 2 is 1.72 bits per heavy atom. The fourth-order valence-corrected chi connectivity index (χ4v) is 6.97. The first-order chi connectivity index (χ1) is 14.0. The van der Waals surface area contributed by atoms with Crippen LogP contribution in [0.25, 0.3) is 22.3 Å². The molecule has 0 aliphatic heterocycles. The van der Waals surface area contributed by atoms with Crippen molar-refractivity contribution < 1.29 is 13.6 Å². The third-order valence-electron chi connectivity index (χ3n) is 3.99. The minimum absolute atomic E-state index is 0.358. The highest BCUT2D eigenvalue weighted by Gasteiger charge is 2.24. The summed E-state index contributed by atoms with van der Waals surface area (Å²) in [5, 5.41) is 1.98. The number of rotatable bonds is 9. The van der Waals surface area contributed by atoms with Crippen molar-refractivity contribution in [2.45, 2.75) is 24.6 Å². The number of aromatic nitrogens is 2. The van der Waals surface area contributed by atoms with E-state index in [1.807, 2.05) is 62.6 Å². The lowest BCUT2D eigenvalue weighted by Crippen LogP contribution is -1.95. The summed E-state index contributed by atoms with van der Waals surface area (Å²) in [5.74, 6) is 1.23. The van der Waals surface area contributed by atoms with E-state index >= 15 is 0 Å². The molecular weight excluding hydrogens is 491 g/mol. The van der Waals surface area contributed by atoms with Gasteiger partial charge in [0.05, 0.1) is 18.7 Å². The zero-order valence-corrected chi connectivity index (χ0v) is 20.5. The molecule has 0 atom stereocenters. The zero-order valence-electron chi connectivity index (χ0n) is 16.4. The predicted octanol–water partition coefficient (Wildman–Crippen LogP) is 7.20. The van der Waals surface area contributed by atoms with E-state index in [2.05, 4.69) is 15.9 Å². The molecule has 0 saturated carbocycles. The lowest BCUT2D eigenvalue weighted by Gasteiger charge is -2.15. The lowest BCUT2D eigenvalue weighted by molar-refractivity contribution is 0.237. The monoisotopic (exact) mass is 512 g/mol. The van der Waals surface area contributed by atoms with Gasteiger partial charge in [-0.05, 0) is 55.2 Å². The van der Waals surface area contributed by atoms with Gasteiger partial charge in [0, 0.05) is 21.2 Å². The van der Waals surface area contributed by atoms with E-state index in [1.54, 1.807) is 11.8 Å². The van der Waals surface area contributed by atoms with E-state index in [4.69, 9.17) is 19.0 Å². The Morgan fingerprint density at radius 3 is 2.34 bits per heavy atom. The topological polar surface area (TPSA) is 61.3 Å². The average Bonchev–Trinajstić information content (AvgIpc) is 2.72. The number of hydrogen-bond donors (Lipinski definition) is 0. The normalized spacial score (nSPS) is 11.9. The van der Waals surface area contributed by atoms with Gasteiger partial charge in [0.15, 0.2) is 5.82 Å². The Kier molecular flexibility index (Phi) is 8.19. The molecule has 0 aliphatic rings. The van der Waals surface area contributed by atoms with E-state index in [0.29, 0.717) is 24.8 Å². The molecule has 0 amide bonds. The van der Waals surface area contributed by atoms with Gasteiger partial charge in [-0.15, -0.1) is 11.8 Å². The highest BCUT2D eigenvalue weighted by Crippen LogP contribution is 2.61. The minimum Gasteiger partial charge on any atom is -0.301 e. The molecule has 3 rings (SSSR count). The van der Waals surface area contributed by atoms with Crippen molar-refractivity contribution in [3.63, 3.8) is 0 Å². The van der Waals surface area contributed by atoms with Crippen molar-refractivity contribution in [1.82, 2.24) is 9.97 Å². The SMILES string of the molecule is CCOP(=O)(OCC)SCc1ccc(-c2nc(SC)c3cc(Br)ccc3n2)cc1. The van der Waals surface area contributed by atoms with Crippen LogP contribution in [0, 0.1) is 0 Å². The molecule has 0 bridgehead atoms. The predicted molar refractivity (Wildman–Crippen MR) is 127 cm³/mol. The number of thioether (sulfide) groups is 1. The van der Waals surface area contributed by atoms with Crippen LogP contribution >= 0.6 is 45.9 Å². The average molecular weight is 513 g/mol.